The number of aliphatic hydroxyl groups is 1. The van der Waals surface area contributed by atoms with Crippen LogP contribution in [0.25, 0.3) is 6.08 Å². The lowest BCUT2D eigenvalue weighted by atomic mass is 10.1. The van der Waals surface area contributed by atoms with Gasteiger partial charge >= 0.3 is 0 Å². The van der Waals surface area contributed by atoms with Crippen LogP contribution in [0.3, 0.4) is 0 Å². The van der Waals surface area contributed by atoms with Gasteiger partial charge in [-0.1, -0.05) is 43.7 Å². The summed E-state index contributed by atoms with van der Waals surface area (Å²) >= 11 is 0. The van der Waals surface area contributed by atoms with Crippen molar-refractivity contribution >= 4 is 17.9 Å². The Morgan fingerprint density at radius 1 is 1.07 bits per heavy atom. The fourth-order valence-corrected chi connectivity index (χ4v) is 2.37. The van der Waals surface area contributed by atoms with Gasteiger partial charge in [0.1, 0.15) is 11.4 Å². The van der Waals surface area contributed by atoms with Crippen molar-refractivity contribution in [1.82, 2.24) is 10.6 Å². The van der Waals surface area contributed by atoms with Gasteiger partial charge in [-0.05, 0) is 42.3 Å². The molecule has 0 spiro atoms. The first kappa shape index (κ1) is 21.2. The molecule has 0 fully saturated rings. The number of aliphatic hydroxyl groups excluding tert-OH is 1. The molecule has 0 saturated heterocycles. The predicted molar refractivity (Wildman–Crippen MR) is 109 cm³/mol. The van der Waals surface area contributed by atoms with Gasteiger partial charge in [-0.3, -0.25) is 9.59 Å². The first-order chi connectivity index (χ1) is 13.6. The summed E-state index contributed by atoms with van der Waals surface area (Å²) in [6.45, 7) is 2.65. The van der Waals surface area contributed by atoms with E-state index in [2.05, 4.69) is 17.6 Å². The molecular weight excluding hydrogens is 356 g/mol. The molecule has 2 aromatic carbocycles. The molecule has 0 bridgehead atoms. The Bertz CT molecular complexity index is 786. The average molecular weight is 382 g/mol. The Kier molecular flexibility index (Phi) is 8.75. The first-order valence-electron chi connectivity index (χ1n) is 9.34. The normalized spacial score (nSPS) is 11.0. The lowest BCUT2D eigenvalue weighted by Crippen LogP contribution is -2.36. The van der Waals surface area contributed by atoms with Crippen LogP contribution in [0.1, 0.15) is 35.7 Å². The summed E-state index contributed by atoms with van der Waals surface area (Å²) in [5.41, 5.74) is 1.29. The van der Waals surface area contributed by atoms with Gasteiger partial charge in [0.2, 0.25) is 0 Å². The van der Waals surface area contributed by atoms with Crippen molar-refractivity contribution in [1.29, 1.82) is 0 Å². The van der Waals surface area contributed by atoms with Crippen molar-refractivity contribution in [2.24, 2.45) is 0 Å². The molecular formula is C22H26N2O4. The monoisotopic (exact) mass is 382 g/mol. The number of rotatable bonds is 10. The van der Waals surface area contributed by atoms with Gasteiger partial charge in [-0.2, -0.15) is 0 Å². The molecule has 2 amide bonds. The summed E-state index contributed by atoms with van der Waals surface area (Å²) in [5.74, 6) is -0.169. The van der Waals surface area contributed by atoms with Gasteiger partial charge in [-0.15, -0.1) is 0 Å². The zero-order valence-electron chi connectivity index (χ0n) is 16.0. The molecule has 0 atom stereocenters. The van der Waals surface area contributed by atoms with Crippen molar-refractivity contribution in [3.8, 4) is 5.75 Å². The Hall–Kier alpha value is -3.12. The number of ether oxygens (including phenoxy) is 1. The standard InChI is InChI=1S/C22H26N2O4/c1-2-3-15-28-19-11-9-18(10-12-19)21(26)24-20(22(27)23-13-14-25)16-17-7-5-4-6-8-17/h4-12,16,25H,2-3,13-15H2,1H3,(H,23,27)(H,24,26). The Balaban J connectivity index is 2.11. The van der Waals surface area contributed by atoms with Crippen LogP contribution in [0.15, 0.2) is 60.3 Å². The van der Waals surface area contributed by atoms with Gasteiger partial charge in [-0.25, -0.2) is 0 Å². The Morgan fingerprint density at radius 3 is 2.43 bits per heavy atom. The van der Waals surface area contributed by atoms with E-state index in [1.165, 1.54) is 0 Å². The molecule has 148 valence electrons. The summed E-state index contributed by atoms with van der Waals surface area (Å²) in [4.78, 5) is 24.9. The molecule has 0 saturated carbocycles. The molecule has 6 heteroatoms. The van der Waals surface area contributed by atoms with E-state index in [1.807, 2.05) is 30.3 Å². The average Bonchev–Trinajstić information content (AvgIpc) is 2.73. The van der Waals surface area contributed by atoms with Gasteiger partial charge in [0.25, 0.3) is 11.8 Å². The summed E-state index contributed by atoms with van der Waals surface area (Å²) in [5, 5.41) is 14.1. The zero-order chi connectivity index (χ0) is 20.2. The predicted octanol–water partition coefficient (Wildman–Crippen LogP) is 2.74. The quantitative estimate of drug-likeness (QED) is 0.436. The third-order valence-electron chi connectivity index (χ3n) is 3.88. The third-order valence-corrected chi connectivity index (χ3v) is 3.88. The first-order valence-corrected chi connectivity index (χ1v) is 9.34. The number of nitrogens with one attached hydrogen (secondary N) is 2. The summed E-state index contributed by atoms with van der Waals surface area (Å²) in [7, 11) is 0. The van der Waals surface area contributed by atoms with E-state index in [-0.39, 0.29) is 18.8 Å². The minimum atomic E-state index is -0.467. The van der Waals surface area contributed by atoms with E-state index in [0.29, 0.717) is 17.9 Å². The molecule has 0 aromatic heterocycles. The smallest absolute Gasteiger partial charge is 0.267 e. The fourth-order valence-electron chi connectivity index (χ4n) is 2.37. The fraction of sp³-hybridized carbons (Fsp3) is 0.273. The number of unbranched alkanes of at least 4 members (excludes halogenated alkanes) is 1. The molecule has 0 aliphatic rings. The number of hydrogen-bond acceptors (Lipinski definition) is 4. The maximum absolute atomic E-state index is 12.6. The number of carbonyl (C=O) groups excluding carboxylic acids is 2. The number of carbonyl (C=O) groups is 2. The summed E-state index contributed by atoms with van der Waals surface area (Å²) < 4.78 is 5.59. The molecule has 3 N–H and O–H groups in total. The van der Waals surface area contributed by atoms with Crippen LogP contribution in [-0.4, -0.2) is 36.7 Å². The summed E-state index contributed by atoms with van der Waals surface area (Å²) in [6.07, 6.45) is 3.61. The highest BCUT2D eigenvalue weighted by Gasteiger charge is 2.14. The van der Waals surface area contributed by atoms with Crippen LogP contribution in [0.5, 0.6) is 5.75 Å². The van der Waals surface area contributed by atoms with Gasteiger partial charge in [0, 0.05) is 12.1 Å². The zero-order valence-corrected chi connectivity index (χ0v) is 16.0. The largest absolute Gasteiger partial charge is 0.494 e. The van der Waals surface area contributed by atoms with E-state index in [9.17, 15) is 9.59 Å². The van der Waals surface area contributed by atoms with Crippen LogP contribution in [0.2, 0.25) is 0 Å². The molecule has 0 aliphatic heterocycles. The molecule has 0 unspecified atom stereocenters. The van der Waals surface area contributed by atoms with Gasteiger partial charge in [0.15, 0.2) is 0 Å². The van der Waals surface area contributed by atoms with Crippen LogP contribution in [-0.2, 0) is 4.79 Å². The van der Waals surface area contributed by atoms with E-state index in [0.717, 1.165) is 18.4 Å². The van der Waals surface area contributed by atoms with E-state index < -0.39 is 11.8 Å². The van der Waals surface area contributed by atoms with Crippen molar-refractivity contribution in [2.45, 2.75) is 19.8 Å². The third kappa shape index (κ3) is 6.89. The van der Waals surface area contributed by atoms with Crippen molar-refractivity contribution < 1.29 is 19.4 Å². The SMILES string of the molecule is CCCCOc1ccc(C(=O)NC(=Cc2ccccc2)C(=O)NCCO)cc1. The molecule has 0 radical (unpaired) electrons. The second-order valence-electron chi connectivity index (χ2n) is 6.13. The highest BCUT2D eigenvalue weighted by Crippen LogP contribution is 2.13. The van der Waals surface area contributed by atoms with Crippen molar-refractivity contribution in [2.75, 3.05) is 19.8 Å². The second kappa shape index (κ2) is 11.6. The van der Waals surface area contributed by atoms with E-state index in [4.69, 9.17) is 9.84 Å². The van der Waals surface area contributed by atoms with Gasteiger partial charge in [0.05, 0.1) is 13.2 Å². The number of amides is 2. The number of benzene rings is 2. The van der Waals surface area contributed by atoms with Crippen molar-refractivity contribution in [3.63, 3.8) is 0 Å². The topological polar surface area (TPSA) is 87.7 Å². The maximum atomic E-state index is 12.6. The summed E-state index contributed by atoms with van der Waals surface area (Å²) in [6, 6.07) is 16.0. The van der Waals surface area contributed by atoms with Crippen molar-refractivity contribution in [3.05, 3.63) is 71.4 Å². The molecule has 0 aliphatic carbocycles. The van der Waals surface area contributed by atoms with E-state index in [1.54, 1.807) is 30.3 Å². The Labute approximate surface area is 165 Å². The van der Waals surface area contributed by atoms with E-state index >= 15 is 0 Å². The lowest BCUT2D eigenvalue weighted by Gasteiger charge is -2.11. The lowest BCUT2D eigenvalue weighted by molar-refractivity contribution is -0.117. The van der Waals surface area contributed by atoms with Crippen LogP contribution >= 0.6 is 0 Å². The van der Waals surface area contributed by atoms with Crippen LogP contribution in [0.4, 0.5) is 0 Å². The van der Waals surface area contributed by atoms with Gasteiger partial charge < -0.3 is 20.5 Å². The molecule has 2 aromatic rings. The van der Waals surface area contributed by atoms with Crippen LogP contribution in [0, 0.1) is 0 Å². The Morgan fingerprint density at radius 2 is 1.79 bits per heavy atom. The molecule has 6 nitrogen and oxygen atoms in total. The molecule has 28 heavy (non-hydrogen) atoms. The van der Waals surface area contributed by atoms with Crippen LogP contribution < -0.4 is 15.4 Å². The minimum Gasteiger partial charge on any atom is -0.494 e. The highest BCUT2D eigenvalue weighted by atomic mass is 16.5. The second-order valence-corrected chi connectivity index (χ2v) is 6.13. The molecule has 2 rings (SSSR count). The number of hydrogen-bond donors (Lipinski definition) is 3. The minimum absolute atomic E-state index is 0.102. The molecule has 0 heterocycles. The highest BCUT2D eigenvalue weighted by molar-refractivity contribution is 6.05. The maximum Gasteiger partial charge on any atom is 0.267 e.